The van der Waals surface area contributed by atoms with E-state index < -0.39 is 0 Å². The zero-order valence-corrected chi connectivity index (χ0v) is 11.8. The highest BCUT2D eigenvalue weighted by Gasteiger charge is 2.19. The first-order valence-corrected chi connectivity index (χ1v) is 6.60. The van der Waals surface area contributed by atoms with Crippen molar-refractivity contribution in [2.75, 3.05) is 13.1 Å². The minimum Gasteiger partial charge on any atom is -0.317 e. The maximum atomic E-state index is 11.8. The van der Waals surface area contributed by atoms with Gasteiger partial charge in [0.2, 0.25) is 0 Å². The van der Waals surface area contributed by atoms with E-state index in [1.807, 2.05) is 10.7 Å². The molecular weight excluding hydrogens is 264 g/mol. The predicted octanol–water partition coefficient (Wildman–Crippen LogP) is 1.47. The fraction of sp³-hybridized carbons (Fsp3) is 0.538. The number of nitrogens with zero attached hydrogens (tertiary/aromatic N) is 2. The number of aromatic amines is 1. The highest BCUT2D eigenvalue weighted by Crippen LogP contribution is 2.24. The van der Waals surface area contributed by atoms with Gasteiger partial charge in [-0.3, -0.25) is 4.79 Å². The summed E-state index contributed by atoms with van der Waals surface area (Å²) in [6.07, 6.45) is 4.88. The maximum absolute atomic E-state index is 11.8. The van der Waals surface area contributed by atoms with Gasteiger partial charge in [-0.25, -0.2) is 4.52 Å². The lowest BCUT2D eigenvalue weighted by molar-refractivity contribution is 0.446. The highest BCUT2D eigenvalue weighted by atomic mass is 35.5. The van der Waals surface area contributed by atoms with E-state index in [0.717, 1.165) is 49.3 Å². The second-order valence-corrected chi connectivity index (χ2v) is 4.87. The third-order valence-corrected chi connectivity index (χ3v) is 3.75. The predicted molar refractivity (Wildman–Crippen MR) is 77.3 cm³/mol. The molecule has 1 fully saturated rings. The first kappa shape index (κ1) is 14.1. The molecule has 0 saturated carbocycles. The van der Waals surface area contributed by atoms with Gasteiger partial charge in [0, 0.05) is 17.5 Å². The Morgan fingerprint density at radius 1 is 1.42 bits per heavy atom. The second kappa shape index (κ2) is 5.75. The standard InChI is InChI=1S/C13H18N4O.ClH/c1-2-9-8-15-17-11(7-12(18)16-13(9)17)10-3-5-14-6-4-10;/h7-8,10,14H,2-6H2,1H3,(H,16,18);1H. The smallest absolute Gasteiger partial charge is 0.251 e. The topological polar surface area (TPSA) is 62.2 Å². The average Bonchev–Trinajstić information content (AvgIpc) is 2.81. The van der Waals surface area contributed by atoms with Crippen LogP contribution in [0, 0.1) is 0 Å². The summed E-state index contributed by atoms with van der Waals surface area (Å²) in [4.78, 5) is 14.7. The molecule has 0 radical (unpaired) electrons. The normalized spacial score (nSPS) is 16.5. The third kappa shape index (κ3) is 2.53. The number of aryl methyl sites for hydroxylation is 1. The van der Waals surface area contributed by atoms with Gasteiger partial charge in [-0.1, -0.05) is 6.92 Å². The Labute approximate surface area is 117 Å². The molecule has 1 saturated heterocycles. The van der Waals surface area contributed by atoms with Gasteiger partial charge in [0.25, 0.3) is 5.56 Å². The van der Waals surface area contributed by atoms with E-state index in [0.29, 0.717) is 5.92 Å². The van der Waals surface area contributed by atoms with Crippen molar-refractivity contribution in [2.45, 2.75) is 32.1 Å². The van der Waals surface area contributed by atoms with Gasteiger partial charge in [-0.2, -0.15) is 5.10 Å². The highest BCUT2D eigenvalue weighted by molar-refractivity contribution is 5.85. The molecule has 19 heavy (non-hydrogen) atoms. The largest absolute Gasteiger partial charge is 0.317 e. The van der Waals surface area contributed by atoms with Crippen LogP contribution in [0.25, 0.3) is 5.65 Å². The van der Waals surface area contributed by atoms with E-state index in [2.05, 4.69) is 22.3 Å². The molecule has 6 heteroatoms. The molecule has 104 valence electrons. The summed E-state index contributed by atoms with van der Waals surface area (Å²) >= 11 is 0. The summed E-state index contributed by atoms with van der Waals surface area (Å²) in [5, 5.41) is 7.78. The molecule has 2 aromatic rings. The van der Waals surface area contributed by atoms with Crippen LogP contribution in [0.3, 0.4) is 0 Å². The van der Waals surface area contributed by atoms with E-state index in [1.54, 1.807) is 6.07 Å². The fourth-order valence-electron chi connectivity index (χ4n) is 2.73. The summed E-state index contributed by atoms with van der Waals surface area (Å²) in [6, 6.07) is 1.70. The first-order chi connectivity index (χ1) is 8.79. The van der Waals surface area contributed by atoms with Crippen LogP contribution in [0.5, 0.6) is 0 Å². The van der Waals surface area contributed by atoms with Gasteiger partial charge in [0.05, 0.1) is 11.9 Å². The van der Waals surface area contributed by atoms with Crippen LogP contribution in [-0.4, -0.2) is 27.7 Å². The van der Waals surface area contributed by atoms with Gasteiger partial charge < -0.3 is 10.3 Å². The van der Waals surface area contributed by atoms with Crippen molar-refractivity contribution in [1.82, 2.24) is 19.9 Å². The molecule has 0 unspecified atom stereocenters. The number of halogens is 1. The minimum atomic E-state index is -0.0220. The number of H-pyrrole nitrogens is 1. The van der Waals surface area contributed by atoms with E-state index in [9.17, 15) is 4.79 Å². The number of nitrogens with one attached hydrogen (secondary N) is 2. The SMILES string of the molecule is CCc1cnn2c(C3CCNCC3)cc(=O)[nH]c12.Cl. The van der Waals surface area contributed by atoms with Crippen molar-refractivity contribution in [3.8, 4) is 0 Å². The lowest BCUT2D eigenvalue weighted by atomic mass is 9.94. The number of aromatic nitrogens is 3. The molecule has 1 aliphatic rings. The molecule has 0 atom stereocenters. The Morgan fingerprint density at radius 2 is 2.16 bits per heavy atom. The van der Waals surface area contributed by atoms with E-state index >= 15 is 0 Å². The van der Waals surface area contributed by atoms with Crippen LogP contribution >= 0.6 is 12.4 Å². The van der Waals surface area contributed by atoms with Crippen molar-refractivity contribution in [2.24, 2.45) is 0 Å². The van der Waals surface area contributed by atoms with Gasteiger partial charge in [-0.05, 0) is 32.4 Å². The van der Waals surface area contributed by atoms with E-state index in [-0.39, 0.29) is 18.0 Å². The van der Waals surface area contributed by atoms with Crippen LogP contribution in [0.4, 0.5) is 0 Å². The lowest BCUT2D eigenvalue weighted by Gasteiger charge is -2.23. The molecule has 2 aromatic heterocycles. The van der Waals surface area contributed by atoms with Crippen LogP contribution in [0.15, 0.2) is 17.1 Å². The molecule has 0 bridgehead atoms. The van der Waals surface area contributed by atoms with Crippen molar-refractivity contribution in [1.29, 1.82) is 0 Å². The van der Waals surface area contributed by atoms with E-state index in [1.165, 1.54) is 0 Å². The van der Waals surface area contributed by atoms with Crippen molar-refractivity contribution < 1.29 is 0 Å². The number of piperidine rings is 1. The Hall–Kier alpha value is -1.33. The summed E-state index contributed by atoms with van der Waals surface area (Å²) in [5.41, 5.74) is 2.99. The monoisotopic (exact) mass is 282 g/mol. The Morgan fingerprint density at radius 3 is 2.84 bits per heavy atom. The quantitative estimate of drug-likeness (QED) is 0.877. The second-order valence-electron chi connectivity index (χ2n) is 4.87. The maximum Gasteiger partial charge on any atom is 0.251 e. The third-order valence-electron chi connectivity index (χ3n) is 3.75. The molecule has 3 rings (SSSR count). The molecule has 2 N–H and O–H groups in total. The molecule has 3 heterocycles. The molecule has 0 aliphatic carbocycles. The van der Waals surface area contributed by atoms with E-state index in [4.69, 9.17) is 0 Å². The molecule has 0 aromatic carbocycles. The van der Waals surface area contributed by atoms with Gasteiger partial charge in [0.1, 0.15) is 5.65 Å². The van der Waals surface area contributed by atoms with Gasteiger partial charge >= 0.3 is 0 Å². The summed E-state index contributed by atoms with van der Waals surface area (Å²) in [7, 11) is 0. The average molecular weight is 283 g/mol. The zero-order valence-electron chi connectivity index (χ0n) is 11.0. The zero-order chi connectivity index (χ0) is 12.5. The first-order valence-electron chi connectivity index (χ1n) is 6.60. The van der Waals surface area contributed by atoms with Crippen molar-refractivity contribution >= 4 is 18.1 Å². The molecule has 0 amide bonds. The Kier molecular flexibility index (Phi) is 4.27. The number of hydrogen-bond acceptors (Lipinski definition) is 3. The molecule has 0 spiro atoms. The lowest BCUT2D eigenvalue weighted by Crippen LogP contribution is -2.28. The minimum absolute atomic E-state index is 0. The number of rotatable bonds is 2. The van der Waals surface area contributed by atoms with Crippen LogP contribution < -0.4 is 10.9 Å². The summed E-state index contributed by atoms with van der Waals surface area (Å²) in [6.45, 7) is 4.11. The van der Waals surface area contributed by atoms with Crippen LogP contribution in [-0.2, 0) is 6.42 Å². The van der Waals surface area contributed by atoms with Crippen molar-refractivity contribution in [3.63, 3.8) is 0 Å². The van der Waals surface area contributed by atoms with Crippen LogP contribution in [0.1, 0.15) is 36.9 Å². The molecule has 5 nitrogen and oxygen atoms in total. The number of hydrogen-bond donors (Lipinski definition) is 2. The van der Waals surface area contributed by atoms with Crippen molar-refractivity contribution in [3.05, 3.63) is 33.9 Å². The summed E-state index contributed by atoms with van der Waals surface area (Å²) < 4.78 is 1.91. The van der Waals surface area contributed by atoms with Crippen LogP contribution in [0.2, 0.25) is 0 Å². The number of fused-ring (bicyclic) bond motifs is 1. The fourth-order valence-corrected chi connectivity index (χ4v) is 2.73. The Bertz CT molecular complexity index is 613. The van der Waals surface area contributed by atoms with Gasteiger partial charge in [-0.15, -0.1) is 12.4 Å². The molecule has 1 aliphatic heterocycles. The Balaban J connectivity index is 0.00000133. The molecular formula is C13H19ClN4O. The van der Waals surface area contributed by atoms with Gasteiger partial charge in [0.15, 0.2) is 0 Å². The summed E-state index contributed by atoms with van der Waals surface area (Å²) in [5.74, 6) is 0.431.